The lowest BCUT2D eigenvalue weighted by atomic mass is 9.92. The number of nitrogens with one attached hydrogen (secondary N) is 1. The van der Waals surface area contributed by atoms with Gasteiger partial charge in [-0.05, 0) is 72.4 Å². The van der Waals surface area contributed by atoms with E-state index < -0.39 is 17.7 Å². The molecule has 3 aromatic carbocycles. The zero-order valence-corrected chi connectivity index (χ0v) is 22.9. The van der Waals surface area contributed by atoms with E-state index in [0.29, 0.717) is 34.9 Å². The van der Waals surface area contributed by atoms with Crippen LogP contribution in [-0.4, -0.2) is 29.3 Å². The van der Waals surface area contributed by atoms with Crippen molar-refractivity contribution >= 4 is 34.7 Å². The lowest BCUT2D eigenvalue weighted by molar-refractivity contribution is -0.132. The number of carbonyl (C=O) groups is 3. The first-order chi connectivity index (χ1) is 18.7. The number of rotatable bonds is 8. The fourth-order valence-corrected chi connectivity index (χ4v) is 4.88. The zero-order valence-electron chi connectivity index (χ0n) is 22.9. The summed E-state index contributed by atoms with van der Waals surface area (Å²) in [6.45, 7) is 9.91. The van der Waals surface area contributed by atoms with Crippen LogP contribution >= 0.6 is 0 Å². The van der Waals surface area contributed by atoms with Crippen LogP contribution in [0.15, 0.2) is 72.3 Å². The van der Waals surface area contributed by atoms with Gasteiger partial charge in [0.25, 0.3) is 11.7 Å². The highest BCUT2D eigenvalue weighted by atomic mass is 16.5. The van der Waals surface area contributed by atoms with Crippen LogP contribution in [0, 0.1) is 0 Å². The molecule has 7 nitrogen and oxygen atoms in total. The number of hydrogen-bond acceptors (Lipinski definition) is 5. The first kappa shape index (κ1) is 27.6. The lowest BCUT2D eigenvalue weighted by Gasteiger charge is -2.26. The van der Waals surface area contributed by atoms with Crippen molar-refractivity contribution in [2.24, 2.45) is 0 Å². The van der Waals surface area contributed by atoms with Crippen molar-refractivity contribution < 1.29 is 24.2 Å². The van der Waals surface area contributed by atoms with Crippen LogP contribution in [0.25, 0.3) is 5.76 Å². The molecule has 0 spiro atoms. The molecule has 0 radical (unpaired) electrons. The number of aryl methyl sites for hydroxylation is 1. The minimum atomic E-state index is -0.863. The summed E-state index contributed by atoms with van der Waals surface area (Å²) in [7, 11) is 0. The maximum atomic E-state index is 13.6. The summed E-state index contributed by atoms with van der Waals surface area (Å²) in [5.74, 6) is -1.21. The number of Topliss-reactive ketones (excluding diaryl/α,β-unsaturated/α-hetero) is 1. The molecule has 1 saturated heterocycles. The van der Waals surface area contributed by atoms with E-state index in [0.717, 1.165) is 17.5 Å². The van der Waals surface area contributed by atoms with E-state index in [1.807, 2.05) is 58.0 Å². The maximum absolute atomic E-state index is 13.6. The second kappa shape index (κ2) is 11.6. The standard InChI is InChI=1S/C32H34N2O5/c1-6-21-11-13-22(14-12-21)29-28(30(36)23-15-16-27(39-7-2)26(17-23)19(3)4)31(37)32(38)34(29)25-10-8-9-24(18-25)33-20(5)35/h8-19,29,36H,6-7H2,1-5H3,(H,33,35)/b30-28-. The average molecular weight is 527 g/mol. The van der Waals surface area contributed by atoms with Gasteiger partial charge in [0.2, 0.25) is 5.91 Å². The Hall–Kier alpha value is -4.39. The highest BCUT2D eigenvalue weighted by Gasteiger charge is 2.47. The minimum Gasteiger partial charge on any atom is -0.507 e. The van der Waals surface area contributed by atoms with Crippen LogP contribution in [0.4, 0.5) is 11.4 Å². The smallest absolute Gasteiger partial charge is 0.300 e. The lowest BCUT2D eigenvalue weighted by Crippen LogP contribution is -2.29. The molecule has 1 heterocycles. The topological polar surface area (TPSA) is 95.9 Å². The van der Waals surface area contributed by atoms with E-state index >= 15 is 0 Å². The van der Waals surface area contributed by atoms with Crippen molar-refractivity contribution in [1.82, 2.24) is 0 Å². The van der Waals surface area contributed by atoms with Crippen molar-refractivity contribution in [3.05, 3.63) is 94.6 Å². The first-order valence-electron chi connectivity index (χ1n) is 13.2. The Morgan fingerprint density at radius 2 is 1.74 bits per heavy atom. The Kier molecular flexibility index (Phi) is 8.19. The molecule has 3 aromatic rings. The second-order valence-corrected chi connectivity index (χ2v) is 9.84. The zero-order chi connectivity index (χ0) is 28.3. The number of amides is 2. The Labute approximate surface area is 229 Å². The molecular formula is C32H34N2O5. The predicted molar refractivity (Wildman–Crippen MR) is 153 cm³/mol. The molecule has 1 aliphatic heterocycles. The van der Waals surface area contributed by atoms with Gasteiger partial charge < -0.3 is 15.2 Å². The van der Waals surface area contributed by atoms with Gasteiger partial charge >= 0.3 is 0 Å². The number of hydrogen-bond donors (Lipinski definition) is 2. The van der Waals surface area contributed by atoms with Gasteiger partial charge in [-0.2, -0.15) is 0 Å². The third-order valence-electron chi connectivity index (χ3n) is 6.80. The molecule has 0 saturated carbocycles. The maximum Gasteiger partial charge on any atom is 0.300 e. The van der Waals surface area contributed by atoms with Crippen molar-refractivity contribution in [3.63, 3.8) is 0 Å². The monoisotopic (exact) mass is 526 g/mol. The third kappa shape index (κ3) is 5.58. The molecule has 7 heteroatoms. The number of aliphatic hydroxyl groups excluding tert-OH is 1. The van der Waals surface area contributed by atoms with E-state index in [-0.39, 0.29) is 23.2 Å². The molecule has 2 amide bonds. The fraction of sp³-hybridized carbons (Fsp3) is 0.281. The molecule has 1 aliphatic rings. The number of carbonyl (C=O) groups excluding carboxylic acids is 3. The Bertz CT molecular complexity index is 1440. The summed E-state index contributed by atoms with van der Waals surface area (Å²) in [5, 5.41) is 14.3. The van der Waals surface area contributed by atoms with Crippen LogP contribution in [0.5, 0.6) is 5.75 Å². The van der Waals surface area contributed by atoms with E-state index in [1.54, 1.807) is 36.4 Å². The molecule has 202 valence electrons. The molecule has 2 N–H and O–H groups in total. The summed E-state index contributed by atoms with van der Waals surface area (Å²) in [6, 6.07) is 18.9. The van der Waals surface area contributed by atoms with Gasteiger partial charge in [0, 0.05) is 23.9 Å². The van der Waals surface area contributed by atoms with Crippen LogP contribution in [0.1, 0.15) is 68.8 Å². The number of ketones is 1. The molecule has 1 atom stereocenters. The molecular weight excluding hydrogens is 492 g/mol. The van der Waals surface area contributed by atoms with Gasteiger partial charge in [0.15, 0.2) is 0 Å². The SMILES string of the molecule is CCOc1ccc(/C(O)=C2/C(=O)C(=O)N(c3cccc(NC(C)=O)c3)C2c2ccc(CC)cc2)cc1C(C)C. The third-order valence-corrected chi connectivity index (χ3v) is 6.80. The van der Waals surface area contributed by atoms with Crippen molar-refractivity contribution in [1.29, 1.82) is 0 Å². The number of benzene rings is 3. The number of aliphatic hydroxyl groups is 1. The van der Waals surface area contributed by atoms with Crippen LogP contribution in [0.3, 0.4) is 0 Å². The first-order valence-corrected chi connectivity index (χ1v) is 13.2. The summed E-state index contributed by atoms with van der Waals surface area (Å²) >= 11 is 0. The average Bonchev–Trinajstić information content (AvgIpc) is 3.18. The minimum absolute atomic E-state index is 0.00745. The summed E-state index contributed by atoms with van der Waals surface area (Å²) in [6.07, 6.45) is 0.837. The molecule has 0 bridgehead atoms. The normalized spacial score (nSPS) is 16.6. The van der Waals surface area contributed by atoms with Crippen LogP contribution in [-0.2, 0) is 20.8 Å². The Balaban J connectivity index is 1.92. The summed E-state index contributed by atoms with van der Waals surface area (Å²) in [5.41, 5.74) is 4.05. The number of ether oxygens (including phenoxy) is 1. The van der Waals surface area contributed by atoms with Gasteiger partial charge in [-0.3, -0.25) is 19.3 Å². The summed E-state index contributed by atoms with van der Waals surface area (Å²) in [4.78, 5) is 40.1. The van der Waals surface area contributed by atoms with Crippen LogP contribution < -0.4 is 15.0 Å². The highest BCUT2D eigenvalue weighted by molar-refractivity contribution is 6.51. The van der Waals surface area contributed by atoms with Crippen molar-refractivity contribution in [2.45, 2.75) is 53.0 Å². The van der Waals surface area contributed by atoms with Crippen molar-refractivity contribution in [3.8, 4) is 5.75 Å². The van der Waals surface area contributed by atoms with Gasteiger partial charge in [-0.25, -0.2) is 0 Å². The van der Waals surface area contributed by atoms with Crippen molar-refractivity contribution in [2.75, 3.05) is 16.8 Å². The largest absolute Gasteiger partial charge is 0.507 e. The van der Waals surface area contributed by atoms with E-state index in [4.69, 9.17) is 4.74 Å². The van der Waals surface area contributed by atoms with E-state index in [9.17, 15) is 19.5 Å². The predicted octanol–water partition coefficient (Wildman–Crippen LogP) is 6.36. The molecule has 1 fully saturated rings. The van der Waals surface area contributed by atoms with Crippen LogP contribution in [0.2, 0.25) is 0 Å². The van der Waals surface area contributed by atoms with Gasteiger partial charge in [0.05, 0.1) is 18.2 Å². The number of nitrogens with zero attached hydrogens (tertiary/aromatic N) is 1. The second-order valence-electron chi connectivity index (χ2n) is 9.84. The molecule has 0 aromatic heterocycles. The Morgan fingerprint density at radius 3 is 2.36 bits per heavy atom. The van der Waals surface area contributed by atoms with E-state index in [1.165, 1.54) is 11.8 Å². The molecule has 0 aliphatic carbocycles. The summed E-state index contributed by atoms with van der Waals surface area (Å²) < 4.78 is 5.77. The van der Waals surface area contributed by atoms with Gasteiger partial charge in [0.1, 0.15) is 11.5 Å². The number of anilines is 2. The quantitative estimate of drug-likeness (QED) is 0.202. The molecule has 1 unspecified atom stereocenters. The highest BCUT2D eigenvalue weighted by Crippen LogP contribution is 2.43. The molecule has 39 heavy (non-hydrogen) atoms. The van der Waals surface area contributed by atoms with E-state index in [2.05, 4.69) is 5.32 Å². The Morgan fingerprint density at radius 1 is 1.03 bits per heavy atom. The van der Waals surface area contributed by atoms with Gasteiger partial charge in [-0.15, -0.1) is 0 Å². The van der Waals surface area contributed by atoms with Gasteiger partial charge in [-0.1, -0.05) is 51.1 Å². The fourth-order valence-electron chi connectivity index (χ4n) is 4.88. The molecule has 4 rings (SSSR count).